The molecule has 0 saturated carbocycles. The van der Waals surface area contributed by atoms with Crippen molar-refractivity contribution >= 4 is 78.4 Å². The molecule has 6 rings (SSSR count). The molecule has 4 aromatic rings. The van der Waals surface area contributed by atoms with Crippen LogP contribution in [0.25, 0.3) is 21.8 Å². The number of carbonyl (C=O) groups excluding carboxylic acids is 4. The molecule has 0 spiro atoms. The molecule has 0 unspecified atom stereocenters. The fraction of sp³-hybridized carbons (Fsp3) is 0.486. The van der Waals surface area contributed by atoms with E-state index < -0.39 is 20.2 Å². The van der Waals surface area contributed by atoms with Gasteiger partial charge in [0, 0.05) is 63.1 Å². The van der Waals surface area contributed by atoms with Crippen LogP contribution in [-0.2, 0) is 39.4 Å². The van der Waals surface area contributed by atoms with Crippen molar-refractivity contribution in [2.75, 3.05) is 68.4 Å². The van der Waals surface area contributed by atoms with Gasteiger partial charge in [0.05, 0.1) is 17.3 Å². The quantitative estimate of drug-likeness (QED) is 0.312. The zero-order chi connectivity index (χ0) is 38.6. The number of nitrogens with zero attached hydrogens (tertiary/aromatic N) is 8. The zero-order valence-electron chi connectivity index (χ0n) is 30.2. The van der Waals surface area contributed by atoms with Gasteiger partial charge in [-0.1, -0.05) is 14.9 Å². The van der Waals surface area contributed by atoms with E-state index in [2.05, 4.69) is 81.7 Å². The molecule has 0 aliphatic carbocycles. The molecule has 0 radical (unpaired) electrons. The van der Waals surface area contributed by atoms with E-state index >= 15 is 0 Å². The van der Waals surface area contributed by atoms with Crippen molar-refractivity contribution in [2.24, 2.45) is 5.14 Å². The number of rotatable bonds is 4. The van der Waals surface area contributed by atoms with Crippen LogP contribution < -0.4 is 14.9 Å². The van der Waals surface area contributed by atoms with Crippen LogP contribution in [0.5, 0.6) is 0 Å². The molecule has 2 saturated heterocycles. The van der Waals surface area contributed by atoms with E-state index in [9.17, 15) is 16.8 Å². The number of nitrogens with two attached hydrogens (primary N) is 1. The molecule has 17 nitrogen and oxygen atoms in total. The van der Waals surface area contributed by atoms with Crippen LogP contribution in [0.3, 0.4) is 0 Å². The van der Waals surface area contributed by atoms with Gasteiger partial charge in [0.15, 0.2) is 0 Å². The summed E-state index contributed by atoms with van der Waals surface area (Å²) in [5, 5.41) is 7.28. The number of aryl methyl sites for hydroxylation is 4. The molecule has 20 heteroatoms. The summed E-state index contributed by atoms with van der Waals surface area (Å²) in [6.07, 6.45) is 6.44. The summed E-state index contributed by atoms with van der Waals surface area (Å²) in [6.45, 7) is 12.9. The molecule has 4 heterocycles. The number of hydrogen-bond donors (Lipinski definition) is 1. The van der Waals surface area contributed by atoms with Gasteiger partial charge < -0.3 is 9.80 Å². The molecular weight excluding hydrogens is 774 g/mol. The fourth-order valence-electron chi connectivity index (χ4n) is 5.91. The van der Waals surface area contributed by atoms with Gasteiger partial charge in [0.25, 0.3) is 10.2 Å². The molecule has 2 aromatic carbocycles. The highest BCUT2D eigenvalue weighted by atomic mass is 35.5. The number of fused-ring (bicyclic) bond motifs is 2. The number of halogens is 1. The molecule has 2 aliphatic heterocycles. The number of aromatic nitrogens is 4. The van der Waals surface area contributed by atoms with Crippen LogP contribution in [0.4, 0.5) is 11.6 Å². The Morgan fingerprint density at radius 2 is 0.909 bits per heavy atom. The second kappa shape index (κ2) is 22.8. The van der Waals surface area contributed by atoms with E-state index in [1.54, 1.807) is 17.0 Å². The van der Waals surface area contributed by atoms with Crippen LogP contribution in [0.15, 0.2) is 36.9 Å². The lowest BCUT2D eigenvalue weighted by molar-refractivity contribution is -0.193. The summed E-state index contributed by atoms with van der Waals surface area (Å²) < 4.78 is 49.5. The Balaban J connectivity index is 0.000000885. The number of hydrogen-bond acceptors (Lipinski definition) is 14. The molecular formula is C35H52ClN9O8S2. The molecule has 0 bridgehead atoms. The minimum Gasteiger partial charge on any atom is -0.355 e. The highest BCUT2D eigenvalue weighted by molar-refractivity contribution is 7.88. The highest BCUT2D eigenvalue weighted by Gasteiger charge is 2.25. The van der Waals surface area contributed by atoms with E-state index in [0.717, 1.165) is 53.0 Å². The zero-order valence-corrected chi connectivity index (χ0v) is 32.6. The van der Waals surface area contributed by atoms with Crippen molar-refractivity contribution < 1.29 is 36.0 Å². The van der Waals surface area contributed by atoms with E-state index in [-0.39, 0.29) is 39.6 Å². The first-order chi connectivity index (χ1) is 24.5. The maximum atomic E-state index is 11.8. The lowest BCUT2D eigenvalue weighted by Gasteiger charge is -2.23. The summed E-state index contributed by atoms with van der Waals surface area (Å²) in [7, 11) is -6.77. The predicted octanol–water partition coefficient (Wildman–Crippen LogP) is 3.21. The lowest BCUT2D eigenvalue weighted by atomic mass is 10.1. The van der Waals surface area contributed by atoms with Gasteiger partial charge in [0.1, 0.15) is 24.3 Å². The molecule has 0 atom stereocenters. The van der Waals surface area contributed by atoms with Gasteiger partial charge in [-0.05, 0) is 87.1 Å². The third-order valence-corrected chi connectivity index (χ3v) is 11.2. The summed E-state index contributed by atoms with van der Waals surface area (Å²) >= 11 is 0. The maximum absolute atomic E-state index is 11.8. The van der Waals surface area contributed by atoms with Gasteiger partial charge >= 0.3 is 12.3 Å². The van der Waals surface area contributed by atoms with Gasteiger partial charge in [-0.15, -0.1) is 12.4 Å². The van der Waals surface area contributed by atoms with Crippen molar-refractivity contribution in [3.05, 3.63) is 59.2 Å². The van der Waals surface area contributed by atoms with Crippen molar-refractivity contribution in [3.8, 4) is 0 Å². The average Bonchev–Trinajstić information content (AvgIpc) is 3.49. The first-order valence-electron chi connectivity index (χ1n) is 16.2. The average molecular weight is 826 g/mol. The Bertz CT molecular complexity index is 2010. The van der Waals surface area contributed by atoms with Crippen molar-refractivity contribution in [2.45, 2.75) is 55.4 Å². The van der Waals surface area contributed by atoms with Crippen LogP contribution in [0, 0.1) is 27.7 Å². The summed E-state index contributed by atoms with van der Waals surface area (Å²) in [6, 6.07) is 8.36. The molecule has 2 aromatic heterocycles. The van der Waals surface area contributed by atoms with Gasteiger partial charge in [-0.3, -0.25) is 0 Å². The molecule has 304 valence electrons. The SMILES string of the molecule is C.C.Cc1cc2ncnc(N3CCCN(S(C)(=O)=O)CC3)c2cc1C.Cc1cc2ncnc(N3CCCN(S(N)(=O)=O)CC3)c2cc1C.Cl.O=C=O.O=C=O. The van der Waals surface area contributed by atoms with E-state index in [1.807, 2.05) is 0 Å². The Hall–Kier alpha value is -4.45. The van der Waals surface area contributed by atoms with Gasteiger partial charge in [-0.2, -0.15) is 31.9 Å². The third kappa shape index (κ3) is 14.0. The standard InChI is InChI=1S/C16H22N4O2S.C15H21N5O2S.2CO2.2CH4.ClH/c1-12-9-14-15(10-13(12)2)17-11-18-16(14)19-5-4-6-20(8-7-19)23(3,21)22;1-11-8-13-14(9-12(11)2)17-10-18-15(13)19-4-3-5-20(7-6-19)23(16,21)22;2*2-1-3;;;/h9-11H,4-8H2,1-3H3;8-10H,3-7H2,1-2H3,(H2,16,21,22);;;2*1H4;1H. The number of anilines is 2. The monoisotopic (exact) mass is 825 g/mol. The van der Waals surface area contributed by atoms with Crippen molar-refractivity contribution in [3.63, 3.8) is 0 Å². The molecule has 55 heavy (non-hydrogen) atoms. The summed E-state index contributed by atoms with van der Waals surface area (Å²) in [5.41, 5.74) is 6.64. The predicted molar refractivity (Wildman–Crippen MR) is 214 cm³/mol. The second-order valence-electron chi connectivity index (χ2n) is 12.3. The van der Waals surface area contributed by atoms with E-state index in [0.29, 0.717) is 45.7 Å². The minimum absolute atomic E-state index is 0. The van der Waals surface area contributed by atoms with Crippen molar-refractivity contribution in [1.82, 2.24) is 28.5 Å². The molecule has 2 aliphatic rings. The second-order valence-corrected chi connectivity index (χ2v) is 15.8. The minimum atomic E-state index is -3.64. The normalized spacial score (nSPS) is 14.9. The highest BCUT2D eigenvalue weighted by Crippen LogP contribution is 2.28. The van der Waals surface area contributed by atoms with Crippen molar-refractivity contribution in [1.29, 1.82) is 0 Å². The van der Waals surface area contributed by atoms with E-state index in [4.69, 9.17) is 24.3 Å². The topological polar surface area (TPSA) is 227 Å². The van der Waals surface area contributed by atoms with Crippen LogP contribution in [0.1, 0.15) is 49.9 Å². The summed E-state index contributed by atoms with van der Waals surface area (Å²) in [5.74, 6) is 1.75. The Labute approximate surface area is 330 Å². The lowest BCUT2D eigenvalue weighted by Crippen LogP contribution is -2.39. The molecule has 2 N–H and O–H groups in total. The van der Waals surface area contributed by atoms with Crippen LogP contribution in [-0.4, -0.2) is 116 Å². The Morgan fingerprint density at radius 1 is 0.564 bits per heavy atom. The Morgan fingerprint density at radius 3 is 1.27 bits per heavy atom. The van der Waals surface area contributed by atoms with Crippen LogP contribution >= 0.6 is 12.4 Å². The largest absolute Gasteiger partial charge is 0.373 e. The fourth-order valence-corrected chi connectivity index (χ4v) is 7.50. The maximum Gasteiger partial charge on any atom is 0.373 e. The molecule has 0 amide bonds. The third-order valence-electron chi connectivity index (χ3n) is 8.80. The Kier molecular flexibility index (Phi) is 21.0. The van der Waals surface area contributed by atoms with Crippen LogP contribution in [0.2, 0.25) is 0 Å². The smallest absolute Gasteiger partial charge is 0.355 e. The van der Waals surface area contributed by atoms with E-state index in [1.165, 1.54) is 32.8 Å². The first-order valence-corrected chi connectivity index (χ1v) is 19.6. The van der Waals surface area contributed by atoms with Gasteiger partial charge in [-0.25, -0.2) is 37.8 Å². The number of benzene rings is 2. The first kappa shape index (κ1) is 50.5. The summed E-state index contributed by atoms with van der Waals surface area (Å²) in [4.78, 5) is 54.4. The van der Waals surface area contributed by atoms with Gasteiger partial charge in [0.2, 0.25) is 10.0 Å². The molecule has 2 fully saturated rings. The number of sulfonamides is 1.